The van der Waals surface area contributed by atoms with Crippen LogP contribution in [0.25, 0.3) is 0 Å². The van der Waals surface area contributed by atoms with E-state index in [0.29, 0.717) is 37.4 Å². The standard InChI is InChI=1S/C20H24N2O4/c1-3-26-15-8-6-7-14(11-15)13-21-20(24)19-16-9-4-5-10-22(16)18(23)12-17(19)25-2/h6-8,11-12H,3-5,9-10,13H2,1-2H3,(H,21,24). The molecule has 0 spiro atoms. The summed E-state index contributed by atoms with van der Waals surface area (Å²) in [6.07, 6.45) is 2.61. The summed E-state index contributed by atoms with van der Waals surface area (Å²) in [5.74, 6) is 0.888. The van der Waals surface area contributed by atoms with Crippen molar-refractivity contribution in [2.45, 2.75) is 39.3 Å². The normalized spacial score (nSPS) is 13.0. The van der Waals surface area contributed by atoms with E-state index < -0.39 is 0 Å². The maximum atomic E-state index is 12.9. The van der Waals surface area contributed by atoms with Gasteiger partial charge in [-0.25, -0.2) is 0 Å². The summed E-state index contributed by atoms with van der Waals surface area (Å²) >= 11 is 0. The minimum absolute atomic E-state index is 0.113. The number of carbonyl (C=O) groups excluding carboxylic acids is 1. The molecule has 0 bridgehead atoms. The number of carbonyl (C=O) groups is 1. The Morgan fingerprint density at radius 2 is 2.12 bits per heavy atom. The van der Waals surface area contributed by atoms with Gasteiger partial charge in [0.25, 0.3) is 11.5 Å². The molecule has 2 heterocycles. The first-order chi connectivity index (χ1) is 12.6. The molecular weight excluding hydrogens is 332 g/mol. The van der Waals surface area contributed by atoms with Crippen LogP contribution >= 0.6 is 0 Å². The highest BCUT2D eigenvalue weighted by molar-refractivity contribution is 5.98. The van der Waals surface area contributed by atoms with Crippen molar-refractivity contribution in [1.82, 2.24) is 9.88 Å². The molecular formula is C20H24N2O4. The number of aromatic nitrogens is 1. The second-order valence-corrected chi connectivity index (χ2v) is 6.24. The summed E-state index contributed by atoms with van der Waals surface area (Å²) in [6.45, 7) is 3.55. The van der Waals surface area contributed by atoms with Crippen LogP contribution in [-0.4, -0.2) is 24.2 Å². The Hall–Kier alpha value is -2.76. The summed E-state index contributed by atoms with van der Waals surface area (Å²) in [6, 6.07) is 9.03. The predicted molar refractivity (Wildman–Crippen MR) is 99.0 cm³/mol. The number of benzene rings is 1. The smallest absolute Gasteiger partial charge is 0.257 e. The second-order valence-electron chi connectivity index (χ2n) is 6.24. The number of nitrogens with one attached hydrogen (secondary N) is 1. The fraction of sp³-hybridized carbons (Fsp3) is 0.400. The van der Waals surface area contributed by atoms with Gasteiger partial charge in [-0.1, -0.05) is 12.1 Å². The molecule has 2 aromatic rings. The average Bonchev–Trinajstić information content (AvgIpc) is 2.66. The lowest BCUT2D eigenvalue weighted by Gasteiger charge is -2.22. The molecule has 1 aliphatic heterocycles. The lowest BCUT2D eigenvalue weighted by Crippen LogP contribution is -2.32. The molecule has 0 atom stereocenters. The number of amides is 1. The van der Waals surface area contributed by atoms with Gasteiger partial charge in [-0.05, 0) is 43.9 Å². The van der Waals surface area contributed by atoms with E-state index in [9.17, 15) is 9.59 Å². The molecule has 0 fully saturated rings. The summed E-state index contributed by atoms with van der Waals surface area (Å²) < 4.78 is 12.5. The summed E-state index contributed by atoms with van der Waals surface area (Å²) in [4.78, 5) is 25.1. The monoisotopic (exact) mass is 356 g/mol. The summed E-state index contributed by atoms with van der Waals surface area (Å²) in [7, 11) is 1.48. The van der Waals surface area contributed by atoms with E-state index in [1.807, 2.05) is 31.2 Å². The van der Waals surface area contributed by atoms with Crippen LogP contribution in [0.2, 0.25) is 0 Å². The Balaban J connectivity index is 1.84. The van der Waals surface area contributed by atoms with E-state index in [4.69, 9.17) is 9.47 Å². The molecule has 0 aliphatic carbocycles. The minimum Gasteiger partial charge on any atom is -0.496 e. The van der Waals surface area contributed by atoms with Gasteiger partial charge in [-0.15, -0.1) is 0 Å². The van der Waals surface area contributed by atoms with Crippen LogP contribution in [0.5, 0.6) is 11.5 Å². The van der Waals surface area contributed by atoms with E-state index in [0.717, 1.165) is 29.8 Å². The van der Waals surface area contributed by atoms with Crippen molar-refractivity contribution in [3.63, 3.8) is 0 Å². The molecule has 6 nitrogen and oxygen atoms in total. The molecule has 26 heavy (non-hydrogen) atoms. The van der Waals surface area contributed by atoms with E-state index in [1.165, 1.54) is 13.2 Å². The number of hydrogen-bond acceptors (Lipinski definition) is 4. The van der Waals surface area contributed by atoms with Gasteiger partial charge in [-0.2, -0.15) is 0 Å². The number of pyridine rings is 1. The molecule has 1 N–H and O–H groups in total. The average molecular weight is 356 g/mol. The lowest BCUT2D eigenvalue weighted by atomic mass is 10.0. The van der Waals surface area contributed by atoms with Crippen LogP contribution in [0, 0.1) is 0 Å². The zero-order valence-corrected chi connectivity index (χ0v) is 15.2. The lowest BCUT2D eigenvalue weighted by molar-refractivity contribution is 0.0945. The predicted octanol–water partition coefficient (Wildman–Crippen LogP) is 2.52. The van der Waals surface area contributed by atoms with Crippen molar-refractivity contribution in [2.24, 2.45) is 0 Å². The first-order valence-corrected chi connectivity index (χ1v) is 8.94. The Labute approximate surface area is 152 Å². The van der Waals surface area contributed by atoms with Crippen molar-refractivity contribution in [3.05, 3.63) is 57.5 Å². The second kappa shape index (κ2) is 8.08. The van der Waals surface area contributed by atoms with Gasteiger partial charge in [0.1, 0.15) is 17.1 Å². The number of ether oxygens (including phenoxy) is 2. The van der Waals surface area contributed by atoms with E-state index in [2.05, 4.69) is 5.32 Å². The summed E-state index contributed by atoms with van der Waals surface area (Å²) in [5.41, 5.74) is 2.07. The third-order valence-corrected chi connectivity index (χ3v) is 4.54. The van der Waals surface area contributed by atoms with Crippen molar-refractivity contribution in [1.29, 1.82) is 0 Å². The van der Waals surface area contributed by atoms with E-state index >= 15 is 0 Å². The minimum atomic E-state index is -0.227. The van der Waals surface area contributed by atoms with Crippen LogP contribution in [-0.2, 0) is 19.5 Å². The number of rotatable bonds is 6. The molecule has 0 saturated heterocycles. The maximum Gasteiger partial charge on any atom is 0.257 e. The summed E-state index contributed by atoms with van der Waals surface area (Å²) in [5, 5.41) is 2.94. The molecule has 3 rings (SSSR count). The largest absolute Gasteiger partial charge is 0.496 e. The van der Waals surface area contributed by atoms with Gasteiger partial charge in [0.2, 0.25) is 0 Å². The SMILES string of the molecule is CCOc1cccc(CNC(=O)c2c(OC)cc(=O)n3c2CCCC3)c1. The third-order valence-electron chi connectivity index (χ3n) is 4.54. The third kappa shape index (κ3) is 3.74. The Morgan fingerprint density at radius 1 is 1.27 bits per heavy atom. The van der Waals surface area contributed by atoms with Crippen LogP contribution < -0.4 is 20.3 Å². The fourth-order valence-electron chi connectivity index (χ4n) is 3.33. The van der Waals surface area contributed by atoms with Gasteiger partial charge in [-0.3, -0.25) is 9.59 Å². The van der Waals surface area contributed by atoms with Crippen LogP contribution in [0.3, 0.4) is 0 Å². The van der Waals surface area contributed by atoms with E-state index in [-0.39, 0.29) is 11.5 Å². The Kier molecular flexibility index (Phi) is 5.61. The number of fused-ring (bicyclic) bond motifs is 1. The number of hydrogen-bond donors (Lipinski definition) is 1. The first kappa shape index (κ1) is 18.0. The van der Waals surface area contributed by atoms with Gasteiger partial charge >= 0.3 is 0 Å². The highest BCUT2D eigenvalue weighted by atomic mass is 16.5. The molecule has 1 aromatic heterocycles. The van der Waals surface area contributed by atoms with Crippen molar-refractivity contribution in [2.75, 3.05) is 13.7 Å². The molecule has 0 radical (unpaired) electrons. The van der Waals surface area contributed by atoms with Crippen LogP contribution in [0.1, 0.15) is 41.4 Å². The zero-order chi connectivity index (χ0) is 18.5. The molecule has 1 amide bonds. The molecule has 1 aromatic carbocycles. The number of methoxy groups -OCH3 is 1. The van der Waals surface area contributed by atoms with E-state index in [1.54, 1.807) is 4.57 Å². The Morgan fingerprint density at radius 3 is 2.88 bits per heavy atom. The number of nitrogens with zero attached hydrogens (tertiary/aromatic N) is 1. The zero-order valence-electron chi connectivity index (χ0n) is 15.2. The van der Waals surface area contributed by atoms with Gasteiger partial charge in [0, 0.05) is 24.8 Å². The van der Waals surface area contributed by atoms with Crippen LogP contribution in [0.4, 0.5) is 0 Å². The van der Waals surface area contributed by atoms with Crippen LogP contribution in [0.15, 0.2) is 35.1 Å². The fourth-order valence-corrected chi connectivity index (χ4v) is 3.33. The van der Waals surface area contributed by atoms with Gasteiger partial charge in [0.15, 0.2) is 0 Å². The van der Waals surface area contributed by atoms with Crippen molar-refractivity contribution in [3.8, 4) is 11.5 Å². The maximum absolute atomic E-state index is 12.9. The molecule has 0 unspecified atom stereocenters. The highest BCUT2D eigenvalue weighted by Crippen LogP contribution is 2.25. The quantitative estimate of drug-likeness (QED) is 0.863. The highest BCUT2D eigenvalue weighted by Gasteiger charge is 2.23. The molecule has 138 valence electrons. The molecule has 6 heteroatoms. The topological polar surface area (TPSA) is 69.6 Å². The van der Waals surface area contributed by atoms with Crippen molar-refractivity contribution < 1.29 is 14.3 Å². The van der Waals surface area contributed by atoms with Gasteiger partial charge in [0.05, 0.1) is 13.7 Å². The van der Waals surface area contributed by atoms with Gasteiger partial charge < -0.3 is 19.4 Å². The van der Waals surface area contributed by atoms with Crippen molar-refractivity contribution >= 4 is 5.91 Å². The molecule has 0 saturated carbocycles. The Bertz CT molecular complexity index is 857. The molecule has 1 aliphatic rings. The first-order valence-electron chi connectivity index (χ1n) is 8.94.